The van der Waals surface area contributed by atoms with Crippen LogP contribution in [0.2, 0.25) is 0 Å². The van der Waals surface area contributed by atoms with Crippen molar-refractivity contribution in [3.63, 3.8) is 0 Å². The standard InChI is InChI=1S/C59H98O6/c1-4-7-10-13-16-19-22-25-28-29-32-34-37-40-43-46-49-52-58(61)64-55-56(65-59(62)53-50-47-44-41-38-35-31-27-24-21-18-15-12-9-6-3)54-63-57(60)51-48-45-42-39-36-33-30-26-23-20-17-14-11-8-5-2/h16,18-21,23,25,27-28,31-32,34,38,40-41,43,56H,4-15,17,22,24,26,29-30,33,35-37,39,42,44-55H2,1-3H3/b19-16-,21-18-,23-20-,28-25-,31-27-,34-32-,41-38-,43-40-/t56-/m0/s1. The molecule has 0 fully saturated rings. The summed E-state index contributed by atoms with van der Waals surface area (Å²) in [5.74, 6) is -1.02. The van der Waals surface area contributed by atoms with Gasteiger partial charge in [-0.2, -0.15) is 0 Å². The van der Waals surface area contributed by atoms with Crippen molar-refractivity contribution in [1.29, 1.82) is 0 Å². The van der Waals surface area contributed by atoms with E-state index in [0.29, 0.717) is 19.3 Å². The average Bonchev–Trinajstić information content (AvgIpc) is 3.30. The molecule has 1 atom stereocenters. The second kappa shape index (κ2) is 52.9. The molecule has 0 N–H and O–H groups in total. The molecule has 6 nitrogen and oxygen atoms in total. The molecule has 0 aliphatic carbocycles. The predicted molar refractivity (Wildman–Crippen MR) is 279 cm³/mol. The van der Waals surface area contributed by atoms with Crippen LogP contribution in [0.5, 0.6) is 0 Å². The van der Waals surface area contributed by atoms with E-state index in [1.54, 1.807) is 0 Å². The first-order valence-corrected chi connectivity index (χ1v) is 26.7. The summed E-state index contributed by atoms with van der Waals surface area (Å²) in [7, 11) is 0. The van der Waals surface area contributed by atoms with Gasteiger partial charge < -0.3 is 14.2 Å². The molecule has 0 aromatic carbocycles. The van der Waals surface area contributed by atoms with Gasteiger partial charge in [0.15, 0.2) is 6.10 Å². The van der Waals surface area contributed by atoms with E-state index in [1.165, 1.54) is 116 Å². The smallest absolute Gasteiger partial charge is 0.306 e. The Bertz CT molecular complexity index is 1310. The first kappa shape index (κ1) is 61.3. The van der Waals surface area contributed by atoms with Gasteiger partial charge in [0, 0.05) is 19.3 Å². The lowest BCUT2D eigenvalue weighted by molar-refractivity contribution is -0.167. The SMILES string of the molecule is CCCCC/C=C\C/C=C\C/C=C\C/C=C\CCCC(=O)OC[C@H](COC(=O)CCCCCCCCC/C=C\CCCCCC)OC(=O)CCCC/C=C\C/C=C\C/C=C\CCCCC. The van der Waals surface area contributed by atoms with Gasteiger partial charge in [-0.3, -0.25) is 14.4 Å². The number of hydrogen-bond acceptors (Lipinski definition) is 6. The molecule has 0 amide bonds. The summed E-state index contributed by atoms with van der Waals surface area (Å²) in [6.45, 7) is 6.48. The first-order chi connectivity index (χ1) is 32.0. The maximum absolute atomic E-state index is 12.8. The summed E-state index contributed by atoms with van der Waals surface area (Å²) in [6, 6.07) is 0. The zero-order valence-corrected chi connectivity index (χ0v) is 42.2. The van der Waals surface area contributed by atoms with Crippen LogP contribution >= 0.6 is 0 Å². The van der Waals surface area contributed by atoms with Crippen LogP contribution in [-0.2, 0) is 28.6 Å². The molecule has 0 heterocycles. The fourth-order valence-electron chi connectivity index (χ4n) is 6.96. The minimum atomic E-state index is -0.822. The van der Waals surface area contributed by atoms with E-state index in [1.807, 2.05) is 0 Å². The van der Waals surface area contributed by atoms with E-state index in [9.17, 15) is 14.4 Å². The molecule has 0 saturated heterocycles. The van der Waals surface area contributed by atoms with Gasteiger partial charge in [-0.05, 0) is 122 Å². The monoisotopic (exact) mass is 903 g/mol. The molecule has 0 spiro atoms. The van der Waals surface area contributed by atoms with E-state index >= 15 is 0 Å². The number of carbonyl (C=O) groups is 3. The third-order valence-corrected chi connectivity index (χ3v) is 11.0. The van der Waals surface area contributed by atoms with E-state index in [0.717, 1.165) is 70.6 Å². The summed E-state index contributed by atoms with van der Waals surface area (Å²) in [6.07, 6.45) is 69.6. The summed E-state index contributed by atoms with van der Waals surface area (Å²) in [5, 5.41) is 0. The first-order valence-electron chi connectivity index (χ1n) is 26.7. The fourth-order valence-corrected chi connectivity index (χ4v) is 6.96. The Morgan fingerprint density at radius 3 is 1.00 bits per heavy atom. The van der Waals surface area contributed by atoms with E-state index in [4.69, 9.17) is 14.2 Å². The lowest BCUT2D eigenvalue weighted by atomic mass is 10.1. The lowest BCUT2D eigenvalue weighted by Crippen LogP contribution is -2.30. The van der Waals surface area contributed by atoms with Crippen LogP contribution < -0.4 is 0 Å². The second-order valence-electron chi connectivity index (χ2n) is 17.4. The van der Waals surface area contributed by atoms with Crippen molar-refractivity contribution in [3.05, 3.63) is 97.2 Å². The Balaban J connectivity index is 4.55. The van der Waals surface area contributed by atoms with Crippen molar-refractivity contribution in [2.24, 2.45) is 0 Å². The highest BCUT2D eigenvalue weighted by atomic mass is 16.6. The van der Waals surface area contributed by atoms with Gasteiger partial charge in [0.2, 0.25) is 0 Å². The van der Waals surface area contributed by atoms with Gasteiger partial charge >= 0.3 is 17.9 Å². The quantitative estimate of drug-likeness (QED) is 0.0262. The third-order valence-electron chi connectivity index (χ3n) is 11.0. The Labute approximate surface area is 400 Å². The van der Waals surface area contributed by atoms with E-state index in [-0.39, 0.29) is 44.0 Å². The molecule has 0 aromatic rings. The maximum Gasteiger partial charge on any atom is 0.306 e. The minimum Gasteiger partial charge on any atom is -0.462 e. The van der Waals surface area contributed by atoms with Crippen LogP contribution in [0.4, 0.5) is 0 Å². The minimum absolute atomic E-state index is 0.113. The van der Waals surface area contributed by atoms with Gasteiger partial charge in [0.1, 0.15) is 13.2 Å². The number of ether oxygens (including phenoxy) is 3. The van der Waals surface area contributed by atoms with Crippen molar-refractivity contribution >= 4 is 17.9 Å². The second-order valence-corrected chi connectivity index (χ2v) is 17.4. The van der Waals surface area contributed by atoms with Crippen molar-refractivity contribution in [3.8, 4) is 0 Å². The molecular formula is C59H98O6. The van der Waals surface area contributed by atoms with Crippen LogP contribution in [0.25, 0.3) is 0 Å². The zero-order chi connectivity index (χ0) is 47.2. The molecule has 65 heavy (non-hydrogen) atoms. The molecule has 0 rings (SSSR count). The van der Waals surface area contributed by atoms with Crippen LogP contribution in [-0.4, -0.2) is 37.2 Å². The predicted octanol–water partition coefficient (Wildman–Crippen LogP) is 17.8. The Morgan fingerprint density at radius 2 is 0.569 bits per heavy atom. The van der Waals surface area contributed by atoms with Gasteiger partial charge in [-0.15, -0.1) is 0 Å². The van der Waals surface area contributed by atoms with Gasteiger partial charge in [-0.25, -0.2) is 0 Å². The number of unbranched alkanes of at least 4 members (excludes halogenated alkanes) is 20. The summed E-state index contributed by atoms with van der Waals surface area (Å²) >= 11 is 0. The summed E-state index contributed by atoms with van der Waals surface area (Å²) in [5.41, 5.74) is 0. The van der Waals surface area contributed by atoms with Crippen molar-refractivity contribution in [2.75, 3.05) is 13.2 Å². The molecule has 370 valence electrons. The molecule has 0 radical (unpaired) electrons. The molecule has 0 aliphatic rings. The molecule has 0 unspecified atom stereocenters. The Hall–Kier alpha value is -3.67. The van der Waals surface area contributed by atoms with Crippen LogP contribution in [0.1, 0.15) is 239 Å². The largest absolute Gasteiger partial charge is 0.462 e. The number of allylic oxidation sites excluding steroid dienone is 16. The van der Waals surface area contributed by atoms with Crippen molar-refractivity contribution in [1.82, 2.24) is 0 Å². The third kappa shape index (κ3) is 51.2. The lowest BCUT2D eigenvalue weighted by Gasteiger charge is -2.18. The summed E-state index contributed by atoms with van der Waals surface area (Å²) < 4.78 is 16.7. The Kier molecular flexibility index (Phi) is 50.0. The number of rotatable bonds is 47. The number of esters is 3. The van der Waals surface area contributed by atoms with Crippen LogP contribution in [0.15, 0.2) is 97.2 Å². The van der Waals surface area contributed by atoms with Crippen molar-refractivity contribution < 1.29 is 28.6 Å². The highest BCUT2D eigenvalue weighted by Crippen LogP contribution is 2.13. The van der Waals surface area contributed by atoms with Gasteiger partial charge in [0.25, 0.3) is 0 Å². The average molecular weight is 903 g/mol. The van der Waals surface area contributed by atoms with Gasteiger partial charge in [0.05, 0.1) is 0 Å². The molecule has 6 heteroatoms. The normalized spacial score (nSPS) is 12.8. The highest BCUT2D eigenvalue weighted by Gasteiger charge is 2.19. The topological polar surface area (TPSA) is 78.9 Å². The number of carbonyl (C=O) groups excluding carboxylic acids is 3. The van der Waals surface area contributed by atoms with Crippen molar-refractivity contribution in [2.45, 2.75) is 245 Å². The highest BCUT2D eigenvalue weighted by molar-refractivity contribution is 5.71. The maximum atomic E-state index is 12.8. The molecular weight excluding hydrogens is 805 g/mol. The fraction of sp³-hybridized carbons (Fsp3) is 0.678. The molecule has 0 aliphatic heterocycles. The van der Waals surface area contributed by atoms with E-state index < -0.39 is 6.10 Å². The molecule has 0 bridgehead atoms. The van der Waals surface area contributed by atoms with Gasteiger partial charge in [-0.1, -0.05) is 195 Å². The Morgan fingerprint density at radius 1 is 0.308 bits per heavy atom. The molecule has 0 saturated carbocycles. The van der Waals surface area contributed by atoms with E-state index in [2.05, 4.69) is 118 Å². The zero-order valence-electron chi connectivity index (χ0n) is 42.2. The summed E-state index contributed by atoms with van der Waals surface area (Å²) in [4.78, 5) is 38.0. The number of hydrogen-bond donors (Lipinski definition) is 0. The van der Waals surface area contributed by atoms with Crippen LogP contribution in [0, 0.1) is 0 Å². The van der Waals surface area contributed by atoms with Crippen LogP contribution in [0.3, 0.4) is 0 Å². The molecule has 0 aromatic heterocycles.